The molecule has 0 spiro atoms. The third-order valence-electron chi connectivity index (χ3n) is 7.07. The van der Waals surface area contributed by atoms with Crippen LogP contribution in [-0.2, 0) is 11.2 Å². The number of methoxy groups -OCH3 is 2. The van der Waals surface area contributed by atoms with Gasteiger partial charge in [-0.15, -0.1) is 0 Å². The molecule has 0 aliphatic carbocycles. The van der Waals surface area contributed by atoms with E-state index in [1.54, 1.807) is 62.4 Å². The largest absolute Gasteiger partial charge is 0.493 e. The summed E-state index contributed by atoms with van der Waals surface area (Å²) >= 11 is 0. The molecule has 2 atom stereocenters. The third kappa shape index (κ3) is 3.64. The van der Waals surface area contributed by atoms with Gasteiger partial charge in [-0.1, -0.05) is 24.3 Å². The number of hydrogen-bond acceptors (Lipinski definition) is 6. The Morgan fingerprint density at radius 3 is 2.50 bits per heavy atom. The van der Waals surface area contributed by atoms with Crippen LogP contribution < -0.4 is 14.8 Å². The number of fused-ring (bicyclic) bond motifs is 4. The number of nitro groups is 1. The number of nitrogens with zero attached hydrogens (tertiary/aromatic N) is 2. The highest BCUT2D eigenvalue weighted by atomic mass is 16.6. The van der Waals surface area contributed by atoms with E-state index in [1.165, 1.54) is 6.07 Å². The number of amides is 2. The first kappa shape index (κ1) is 23.3. The van der Waals surface area contributed by atoms with Crippen molar-refractivity contribution in [3.63, 3.8) is 0 Å². The van der Waals surface area contributed by atoms with Crippen molar-refractivity contribution in [2.24, 2.45) is 0 Å². The second-order valence-electron chi connectivity index (χ2n) is 8.86. The van der Waals surface area contributed by atoms with Crippen LogP contribution in [0.5, 0.6) is 11.5 Å². The normalized spacial score (nSPS) is 18.0. The van der Waals surface area contributed by atoms with Crippen molar-refractivity contribution in [3.8, 4) is 11.5 Å². The Morgan fingerprint density at radius 2 is 1.78 bits per heavy atom. The Morgan fingerprint density at radius 1 is 1.06 bits per heavy atom. The van der Waals surface area contributed by atoms with Gasteiger partial charge in [0.1, 0.15) is 0 Å². The first-order valence-corrected chi connectivity index (χ1v) is 11.5. The summed E-state index contributed by atoms with van der Waals surface area (Å²) in [5.74, 6) is -0.129. The predicted octanol–water partition coefficient (Wildman–Crippen LogP) is 4.40. The number of carbonyl (C=O) groups is 2. The minimum absolute atomic E-state index is 0.0755. The van der Waals surface area contributed by atoms with Gasteiger partial charge in [0.2, 0.25) is 5.91 Å². The van der Waals surface area contributed by atoms with Crippen LogP contribution in [0.25, 0.3) is 0 Å². The van der Waals surface area contributed by atoms with E-state index in [2.05, 4.69) is 5.32 Å². The first-order valence-electron chi connectivity index (χ1n) is 11.5. The summed E-state index contributed by atoms with van der Waals surface area (Å²) in [6.45, 7) is 2.05. The number of nitro benzene ring substituents is 1. The van der Waals surface area contributed by atoms with Gasteiger partial charge < -0.3 is 19.7 Å². The van der Waals surface area contributed by atoms with Crippen LogP contribution in [0.3, 0.4) is 0 Å². The number of nitrogens with one attached hydrogen (secondary N) is 1. The van der Waals surface area contributed by atoms with E-state index >= 15 is 0 Å². The molecule has 2 aliphatic heterocycles. The minimum Gasteiger partial charge on any atom is -0.493 e. The minimum atomic E-state index is -0.741. The fraction of sp³-hybridized carbons (Fsp3) is 0.259. The zero-order chi connectivity index (χ0) is 25.6. The van der Waals surface area contributed by atoms with Crippen LogP contribution in [0.2, 0.25) is 0 Å². The van der Waals surface area contributed by atoms with Crippen molar-refractivity contribution < 1.29 is 24.0 Å². The van der Waals surface area contributed by atoms with Crippen molar-refractivity contribution in [2.75, 3.05) is 26.1 Å². The van der Waals surface area contributed by atoms with Crippen LogP contribution in [0.15, 0.2) is 54.6 Å². The van der Waals surface area contributed by atoms with Crippen molar-refractivity contribution >= 4 is 23.2 Å². The number of hydrogen-bond donors (Lipinski definition) is 1. The maximum atomic E-state index is 13.9. The Bertz CT molecular complexity index is 1400. The summed E-state index contributed by atoms with van der Waals surface area (Å²) in [5, 5.41) is 14.3. The molecule has 0 radical (unpaired) electrons. The molecule has 3 aromatic rings. The Hall–Kier alpha value is -4.40. The van der Waals surface area contributed by atoms with Gasteiger partial charge in [0, 0.05) is 18.2 Å². The molecule has 3 aromatic carbocycles. The van der Waals surface area contributed by atoms with Crippen LogP contribution >= 0.6 is 0 Å². The lowest BCUT2D eigenvalue weighted by atomic mass is 9.75. The number of anilines is 1. The summed E-state index contributed by atoms with van der Waals surface area (Å²) in [7, 11) is 3.11. The van der Waals surface area contributed by atoms with Crippen LogP contribution in [0.1, 0.15) is 44.6 Å². The number of rotatable bonds is 5. The number of benzene rings is 3. The molecule has 2 heterocycles. The smallest absolute Gasteiger partial charge is 0.274 e. The molecule has 2 amide bonds. The molecular weight excluding hydrogens is 462 g/mol. The molecule has 184 valence electrons. The van der Waals surface area contributed by atoms with Gasteiger partial charge in [-0.3, -0.25) is 19.7 Å². The van der Waals surface area contributed by atoms with Crippen LogP contribution in [0.4, 0.5) is 11.4 Å². The average Bonchev–Trinajstić information content (AvgIpc) is 2.88. The molecule has 9 nitrogen and oxygen atoms in total. The molecular formula is C27H25N3O6. The summed E-state index contributed by atoms with van der Waals surface area (Å²) in [5.41, 5.74) is 3.54. The quantitative estimate of drug-likeness (QED) is 0.422. The topological polar surface area (TPSA) is 111 Å². The van der Waals surface area contributed by atoms with Gasteiger partial charge in [0.15, 0.2) is 11.5 Å². The lowest BCUT2D eigenvalue weighted by molar-refractivity contribution is -0.385. The second kappa shape index (κ2) is 8.99. The summed E-state index contributed by atoms with van der Waals surface area (Å²) in [6, 6.07) is 14.9. The van der Waals surface area contributed by atoms with Crippen LogP contribution in [-0.4, -0.2) is 42.4 Å². The highest BCUT2D eigenvalue weighted by molar-refractivity contribution is 6.05. The zero-order valence-corrected chi connectivity index (χ0v) is 20.1. The van der Waals surface area contributed by atoms with E-state index in [0.717, 1.165) is 11.1 Å². The molecule has 0 fully saturated rings. The molecule has 0 bridgehead atoms. The van der Waals surface area contributed by atoms with E-state index in [1.807, 2.05) is 12.1 Å². The van der Waals surface area contributed by atoms with Gasteiger partial charge in [-0.05, 0) is 54.3 Å². The number of ether oxygens (including phenoxy) is 2. The number of carbonyl (C=O) groups excluding carboxylic acids is 2. The first-order chi connectivity index (χ1) is 17.3. The van der Waals surface area contributed by atoms with E-state index in [4.69, 9.17) is 9.47 Å². The molecule has 9 heteroatoms. The van der Waals surface area contributed by atoms with Gasteiger partial charge in [-0.2, -0.15) is 0 Å². The average molecular weight is 488 g/mol. The van der Waals surface area contributed by atoms with Gasteiger partial charge in [0.25, 0.3) is 11.6 Å². The highest BCUT2D eigenvalue weighted by Crippen LogP contribution is 2.48. The van der Waals surface area contributed by atoms with Crippen molar-refractivity contribution in [1.29, 1.82) is 0 Å². The van der Waals surface area contributed by atoms with E-state index in [-0.39, 0.29) is 17.5 Å². The SMILES string of the molecule is COc1cc2c(cc1OC)[C@@H]1[C@@H](C(=O)Nc3cccc([N+](=O)[O-])c3C)c3ccccc3C(=O)N1CC2. The van der Waals surface area contributed by atoms with Crippen molar-refractivity contribution in [3.05, 3.63) is 92.5 Å². The van der Waals surface area contributed by atoms with Crippen LogP contribution in [0, 0.1) is 17.0 Å². The van der Waals surface area contributed by atoms with E-state index in [0.29, 0.717) is 46.8 Å². The van der Waals surface area contributed by atoms with Crippen molar-refractivity contribution in [1.82, 2.24) is 4.90 Å². The molecule has 0 aromatic heterocycles. The Kier molecular flexibility index (Phi) is 5.83. The maximum Gasteiger partial charge on any atom is 0.274 e. The van der Waals surface area contributed by atoms with Crippen molar-refractivity contribution in [2.45, 2.75) is 25.3 Å². The Balaban J connectivity index is 1.65. The maximum absolute atomic E-state index is 13.9. The van der Waals surface area contributed by atoms with Gasteiger partial charge >= 0.3 is 0 Å². The third-order valence-corrected chi connectivity index (χ3v) is 7.07. The zero-order valence-electron chi connectivity index (χ0n) is 20.1. The second-order valence-corrected chi connectivity index (χ2v) is 8.86. The fourth-order valence-electron chi connectivity index (χ4n) is 5.30. The van der Waals surface area contributed by atoms with Gasteiger partial charge in [-0.25, -0.2) is 0 Å². The summed E-state index contributed by atoms with van der Waals surface area (Å²) in [4.78, 5) is 40.1. The molecule has 0 saturated heterocycles. The predicted molar refractivity (Wildman–Crippen MR) is 133 cm³/mol. The lowest BCUT2D eigenvalue weighted by Gasteiger charge is -2.45. The van der Waals surface area contributed by atoms with E-state index < -0.39 is 16.9 Å². The monoisotopic (exact) mass is 487 g/mol. The highest BCUT2D eigenvalue weighted by Gasteiger charge is 2.46. The molecule has 36 heavy (non-hydrogen) atoms. The standard InChI is InChI=1S/C27H25N3O6/c1-15-20(9-6-10-21(15)30(33)34)28-26(31)24-17-7-4-5-8-18(17)27(32)29-12-11-16-13-22(35-2)23(36-3)14-19(16)25(24)29/h4-10,13-14,24-25H,11-12H2,1-3H3,(H,28,31)/t24-,25+/m0/s1. The molecule has 5 rings (SSSR count). The molecule has 1 N–H and O–H groups in total. The summed E-state index contributed by atoms with van der Waals surface area (Å²) in [6.07, 6.45) is 0.610. The lowest BCUT2D eigenvalue weighted by Crippen LogP contribution is -2.49. The van der Waals surface area contributed by atoms with E-state index in [9.17, 15) is 19.7 Å². The fourth-order valence-corrected chi connectivity index (χ4v) is 5.30. The molecule has 0 unspecified atom stereocenters. The van der Waals surface area contributed by atoms with Gasteiger partial charge in [0.05, 0.1) is 42.4 Å². The molecule has 2 aliphatic rings. The summed E-state index contributed by atoms with van der Waals surface area (Å²) < 4.78 is 11.0. The molecule has 0 saturated carbocycles. The Labute approximate surface area is 207 Å².